The first kappa shape index (κ1) is 7.09. The van der Waals surface area contributed by atoms with Crippen LogP contribution < -0.4 is 0 Å². The minimum Gasteiger partial charge on any atom is -0.770 e. The van der Waals surface area contributed by atoms with Gasteiger partial charge in [0.15, 0.2) is 0 Å². The molecule has 7 heavy (non-hydrogen) atoms. The van der Waals surface area contributed by atoms with Crippen LogP contribution in [0.25, 0.3) is 0 Å². The van der Waals surface area contributed by atoms with Crippen molar-refractivity contribution in [3.05, 3.63) is 0 Å². The lowest BCUT2D eigenvalue weighted by Gasteiger charge is -1.96. The van der Waals surface area contributed by atoms with Gasteiger partial charge in [0.05, 0.1) is 0 Å². The number of rotatable bonds is 1. The van der Waals surface area contributed by atoms with E-state index in [0.717, 1.165) is 0 Å². The lowest BCUT2D eigenvalue weighted by molar-refractivity contribution is 0.534. The molecule has 1 unspecified atom stereocenters. The molecular weight excluding hydrogens is 140 g/mol. The quantitative estimate of drug-likeness (QED) is 0.291. The summed E-state index contributed by atoms with van der Waals surface area (Å²) in [5.41, 5.74) is 0. The Morgan fingerprint density at radius 3 is 2.29 bits per heavy atom. The number of hydrogen-bond acceptors (Lipinski definition) is 4. The molecule has 0 rings (SSSR count). The van der Waals surface area contributed by atoms with Gasteiger partial charge in [-0.25, -0.2) is 0 Å². The highest BCUT2D eigenvalue weighted by molar-refractivity contribution is 8.06. The van der Waals surface area contributed by atoms with E-state index in [2.05, 4.69) is 0 Å². The lowest BCUT2D eigenvalue weighted by Crippen LogP contribution is -1.88. The molecule has 1 N–H and O–H groups in total. The Balaban J connectivity index is 3.95. The molecule has 0 aromatic carbocycles. The van der Waals surface area contributed by atoms with Crippen LogP contribution >= 0.6 is 0 Å². The van der Waals surface area contributed by atoms with Crippen molar-refractivity contribution in [1.82, 2.24) is 0 Å². The zero-order chi connectivity index (χ0) is 5.86. The molecule has 0 saturated heterocycles. The first-order valence-corrected chi connectivity index (χ1v) is 3.46. The highest BCUT2D eigenvalue weighted by Gasteiger charge is 1.56. The molecule has 0 spiro atoms. The Bertz CT molecular complexity index is 142. The van der Waals surface area contributed by atoms with Crippen molar-refractivity contribution in [2.24, 2.45) is 0 Å². The van der Waals surface area contributed by atoms with E-state index in [1.165, 1.54) is 0 Å². The minimum absolute atomic E-state index is 0.278. The van der Waals surface area contributed by atoms with E-state index in [4.69, 9.17) is 4.55 Å². The van der Waals surface area contributed by atoms with Crippen molar-refractivity contribution >= 4 is 26.4 Å². The number of hydrogen-bond donors (Lipinski definition) is 1. The molecule has 0 aromatic rings. The maximum absolute atomic E-state index is 9.47. The summed E-state index contributed by atoms with van der Waals surface area (Å²) in [6.45, 7) is 0. The molecule has 0 aromatic heterocycles. The molecule has 0 amide bonds. The van der Waals surface area contributed by atoms with Crippen LogP contribution in [0.3, 0.4) is 0 Å². The second-order valence-electron chi connectivity index (χ2n) is 0.633. The van der Waals surface area contributed by atoms with E-state index in [1.54, 1.807) is 0 Å². The van der Waals surface area contributed by atoms with Gasteiger partial charge in [-0.05, 0) is 0 Å². The van der Waals surface area contributed by atoms with Crippen LogP contribution in [0.5, 0.6) is 0 Å². The highest BCUT2D eigenvalue weighted by Crippen LogP contribution is 1.60. The van der Waals surface area contributed by atoms with Crippen LogP contribution in [0.4, 0.5) is 0 Å². The summed E-state index contributed by atoms with van der Waals surface area (Å²) < 4.78 is 36.3. The highest BCUT2D eigenvalue weighted by atomic mass is 32.2. The summed E-state index contributed by atoms with van der Waals surface area (Å²) >= 11 is -2.52. The molecule has 0 saturated carbocycles. The van der Waals surface area contributed by atoms with E-state index < -0.39 is 21.7 Å². The standard InChI is InChI=1S/CH3O4S2/c2-6(3)1-7(4)5/h1H,(H,2,3)(H,4,5)/q-1/p-1. The van der Waals surface area contributed by atoms with Gasteiger partial charge in [0.25, 0.3) is 0 Å². The first-order valence-electron chi connectivity index (χ1n) is 1.15. The summed E-state index contributed by atoms with van der Waals surface area (Å²) in [5, 5.41) is 0. The Morgan fingerprint density at radius 2 is 2.29 bits per heavy atom. The summed E-state index contributed by atoms with van der Waals surface area (Å²) in [6, 6.07) is 0. The van der Waals surface area contributed by atoms with Crippen molar-refractivity contribution < 1.29 is 17.5 Å². The maximum Gasteiger partial charge on any atom is -0.0524 e. The van der Waals surface area contributed by atoms with Gasteiger partial charge >= 0.3 is 0 Å². The predicted octanol–water partition coefficient (Wildman–Crippen LogP) is -0.938. The van der Waals surface area contributed by atoms with Gasteiger partial charge in [-0.2, -0.15) is 0 Å². The molecule has 0 heterocycles. The van der Waals surface area contributed by atoms with E-state index in [0.29, 0.717) is 0 Å². The van der Waals surface area contributed by atoms with Gasteiger partial charge < -0.3 is 13.3 Å². The fourth-order valence-electron chi connectivity index (χ4n) is 0.0672. The average Bonchev–Trinajstić information content (AvgIpc) is 1.27. The van der Waals surface area contributed by atoms with Crippen molar-refractivity contribution in [2.45, 2.75) is 0 Å². The van der Waals surface area contributed by atoms with E-state index >= 15 is 0 Å². The zero-order valence-corrected chi connectivity index (χ0v) is 4.70. The Labute approximate surface area is 44.7 Å². The van der Waals surface area contributed by atoms with Crippen LogP contribution in [0, 0.1) is 0 Å². The van der Waals surface area contributed by atoms with Crippen LogP contribution in [0.15, 0.2) is 0 Å². The molecule has 44 valence electrons. The fourth-order valence-corrected chi connectivity index (χ4v) is 0.605. The molecule has 0 aliphatic carbocycles. The topological polar surface area (TPSA) is 77.4 Å². The van der Waals surface area contributed by atoms with Gasteiger partial charge in [0, 0.05) is 0 Å². The monoisotopic (exact) mass is 142 g/mol. The summed E-state index contributed by atoms with van der Waals surface area (Å²) in [4.78, 5) is 0. The van der Waals surface area contributed by atoms with E-state index in [-0.39, 0.29) is 4.70 Å². The van der Waals surface area contributed by atoms with Crippen molar-refractivity contribution in [2.75, 3.05) is 0 Å². The van der Waals surface area contributed by atoms with E-state index in [1.807, 2.05) is 0 Å². The minimum atomic E-state index is -2.52. The van der Waals surface area contributed by atoms with Gasteiger partial charge in [-0.1, -0.05) is 15.8 Å². The van der Waals surface area contributed by atoms with Gasteiger partial charge in [-0.15, -0.1) is 10.7 Å². The summed E-state index contributed by atoms with van der Waals surface area (Å²) in [7, 11) is -2.33. The van der Waals surface area contributed by atoms with Crippen LogP contribution in [-0.2, 0) is 26.0 Å². The molecule has 0 bridgehead atoms. The average molecular weight is 142 g/mol. The predicted molar refractivity (Wildman–Crippen MR) is 25.7 cm³/mol. The lowest BCUT2D eigenvalue weighted by atomic mass is 11.9. The third-order valence-corrected chi connectivity index (χ3v) is 1.45. The summed E-state index contributed by atoms with van der Waals surface area (Å²) in [5.74, 6) is 0. The second-order valence-corrected chi connectivity index (χ2v) is 2.48. The van der Waals surface area contributed by atoms with Gasteiger partial charge in [0.1, 0.15) is 0 Å². The zero-order valence-electron chi connectivity index (χ0n) is 3.07. The molecule has 0 fully saturated rings. The van der Waals surface area contributed by atoms with Crippen molar-refractivity contribution in [3.8, 4) is 0 Å². The third kappa shape index (κ3) is 6.09. The largest absolute Gasteiger partial charge is 0.770 e. The molecule has 4 nitrogen and oxygen atoms in total. The van der Waals surface area contributed by atoms with Crippen molar-refractivity contribution in [1.29, 1.82) is 0 Å². The molecule has 0 aliphatic rings. The van der Waals surface area contributed by atoms with E-state index in [9.17, 15) is 13.0 Å². The molecule has 1 atom stereocenters. The molecule has 0 aliphatic heterocycles. The van der Waals surface area contributed by atoms with Gasteiger partial charge in [-0.3, -0.25) is 4.21 Å². The SMILES string of the molecule is O=S([O-])C=[S-](=O)O. The maximum atomic E-state index is 9.47. The second kappa shape index (κ2) is 3.14. The Morgan fingerprint density at radius 1 is 1.86 bits per heavy atom. The first-order chi connectivity index (χ1) is 3.13. The third-order valence-electron chi connectivity index (χ3n) is 0.161. The van der Waals surface area contributed by atoms with Gasteiger partial charge in [0.2, 0.25) is 0 Å². The smallest absolute Gasteiger partial charge is 0.0524 e. The van der Waals surface area contributed by atoms with Crippen molar-refractivity contribution in [3.63, 3.8) is 0 Å². The Kier molecular flexibility index (Phi) is 3.18. The fraction of sp³-hybridized carbons (Fsp3) is 0. The molecule has 6 heteroatoms. The van der Waals surface area contributed by atoms with Crippen LogP contribution in [-0.4, -0.2) is 18.0 Å². The van der Waals surface area contributed by atoms with Crippen LogP contribution in [0.1, 0.15) is 0 Å². The Hall–Kier alpha value is 0.0900. The normalized spacial score (nSPS) is 19.1. The summed E-state index contributed by atoms with van der Waals surface area (Å²) in [6.07, 6.45) is 0. The molecule has 0 radical (unpaired) electrons. The van der Waals surface area contributed by atoms with Crippen LogP contribution in [0.2, 0.25) is 0 Å². The molecular formula is CH2O4S2-2.